The fourth-order valence-electron chi connectivity index (χ4n) is 1.69. The highest BCUT2D eigenvalue weighted by molar-refractivity contribution is 5.39. The summed E-state index contributed by atoms with van der Waals surface area (Å²) in [5.41, 5.74) is 10.1. The van der Waals surface area contributed by atoms with Crippen LogP contribution in [0.2, 0.25) is 0 Å². The molecule has 0 heterocycles. The predicted octanol–water partition coefficient (Wildman–Crippen LogP) is 2.39. The van der Waals surface area contributed by atoms with E-state index in [0.29, 0.717) is 0 Å². The minimum atomic E-state index is -0.117. The molecule has 1 atom stereocenters. The predicted molar refractivity (Wildman–Crippen MR) is 49.3 cm³/mol. The maximum absolute atomic E-state index is 6.01. The highest BCUT2D eigenvalue weighted by Gasteiger charge is 2.21. The van der Waals surface area contributed by atoms with Crippen molar-refractivity contribution in [2.75, 3.05) is 0 Å². The van der Waals surface area contributed by atoms with Crippen molar-refractivity contribution in [3.8, 4) is 0 Å². The number of allylic oxidation sites excluding steroid dienone is 2. The van der Waals surface area contributed by atoms with Crippen LogP contribution in [-0.4, -0.2) is 5.54 Å². The van der Waals surface area contributed by atoms with Crippen LogP contribution in [0.15, 0.2) is 22.8 Å². The molecule has 0 aliphatic heterocycles. The van der Waals surface area contributed by atoms with Gasteiger partial charge in [0.2, 0.25) is 0 Å². The second-order valence-electron chi connectivity index (χ2n) is 3.92. The molecule has 2 N–H and O–H groups in total. The van der Waals surface area contributed by atoms with Crippen molar-refractivity contribution in [3.63, 3.8) is 0 Å². The van der Waals surface area contributed by atoms with Crippen LogP contribution in [0.3, 0.4) is 0 Å². The normalized spacial score (nSPS) is 32.3. The summed E-state index contributed by atoms with van der Waals surface area (Å²) in [6, 6.07) is 0. The van der Waals surface area contributed by atoms with E-state index in [-0.39, 0.29) is 5.54 Å². The molecule has 0 saturated carbocycles. The Kier molecular flexibility index (Phi) is 1.93. The van der Waals surface area contributed by atoms with Gasteiger partial charge in [-0.3, -0.25) is 0 Å². The van der Waals surface area contributed by atoms with E-state index >= 15 is 0 Å². The zero-order valence-electron chi connectivity index (χ0n) is 7.86. The van der Waals surface area contributed by atoms with Gasteiger partial charge < -0.3 is 5.73 Å². The monoisotopic (exact) mass is 151 g/mol. The molecule has 0 bridgehead atoms. The van der Waals surface area contributed by atoms with Crippen LogP contribution in [0.1, 0.15) is 34.1 Å². The first-order chi connectivity index (χ1) is 4.92. The summed E-state index contributed by atoms with van der Waals surface area (Å²) in [5, 5.41) is 0. The first kappa shape index (κ1) is 8.54. The summed E-state index contributed by atoms with van der Waals surface area (Å²) in [7, 11) is 0. The average Bonchev–Trinajstić information content (AvgIpc) is 1.81. The number of nitrogens with two attached hydrogens (primary N) is 1. The Bertz CT molecular complexity index is 231. The second-order valence-corrected chi connectivity index (χ2v) is 3.92. The van der Waals surface area contributed by atoms with Crippen LogP contribution >= 0.6 is 0 Å². The van der Waals surface area contributed by atoms with Gasteiger partial charge in [0.05, 0.1) is 0 Å². The van der Waals surface area contributed by atoms with E-state index < -0.39 is 0 Å². The molecule has 0 spiro atoms. The van der Waals surface area contributed by atoms with Crippen LogP contribution in [0.25, 0.3) is 0 Å². The maximum Gasteiger partial charge on any atom is 0.0353 e. The fourth-order valence-corrected chi connectivity index (χ4v) is 1.69. The smallest absolute Gasteiger partial charge is 0.0353 e. The van der Waals surface area contributed by atoms with Crippen molar-refractivity contribution in [1.82, 2.24) is 0 Å². The molecule has 62 valence electrons. The van der Waals surface area contributed by atoms with Crippen molar-refractivity contribution < 1.29 is 0 Å². The molecular formula is C10H17N. The zero-order chi connectivity index (χ0) is 8.65. The summed E-state index contributed by atoms with van der Waals surface area (Å²) in [6.07, 6.45) is 3.16. The Balaban J connectivity index is 3.01. The number of hydrogen-bond donors (Lipinski definition) is 1. The lowest BCUT2D eigenvalue weighted by Crippen LogP contribution is -2.36. The van der Waals surface area contributed by atoms with Crippen LogP contribution < -0.4 is 5.73 Å². The number of rotatable bonds is 0. The summed E-state index contributed by atoms with van der Waals surface area (Å²) < 4.78 is 0. The second kappa shape index (κ2) is 2.49. The lowest BCUT2D eigenvalue weighted by molar-refractivity contribution is 0.563. The SMILES string of the molecule is CC1=CC(C)(N)CC(C)=C1C. The van der Waals surface area contributed by atoms with Gasteiger partial charge >= 0.3 is 0 Å². The zero-order valence-corrected chi connectivity index (χ0v) is 7.86. The minimum absolute atomic E-state index is 0.117. The summed E-state index contributed by atoms with van der Waals surface area (Å²) >= 11 is 0. The molecule has 1 nitrogen and oxygen atoms in total. The van der Waals surface area contributed by atoms with E-state index in [0.717, 1.165) is 6.42 Å². The highest BCUT2D eigenvalue weighted by Crippen LogP contribution is 2.28. The maximum atomic E-state index is 6.01. The molecule has 0 radical (unpaired) electrons. The summed E-state index contributed by atoms with van der Waals surface area (Å²) in [5.74, 6) is 0. The van der Waals surface area contributed by atoms with E-state index in [1.165, 1.54) is 16.7 Å². The van der Waals surface area contributed by atoms with Gasteiger partial charge in [-0.05, 0) is 39.7 Å². The van der Waals surface area contributed by atoms with Gasteiger partial charge in [0.1, 0.15) is 0 Å². The largest absolute Gasteiger partial charge is 0.322 e. The van der Waals surface area contributed by atoms with Crippen LogP contribution in [0.4, 0.5) is 0 Å². The van der Waals surface area contributed by atoms with Crippen molar-refractivity contribution in [3.05, 3.63) is 22.8 Å². The Morgan fingerprint density at radius 3 is 2.36 bits per heavy atom. The van der Waals surface area contributed by atoms with E-state index in [2.05, 4.69) is 33.8 Å². The topological polar surface area (TPSA) is 26.0 Å². The van der Waals surface area contributed by atoms with E-state index in [1.54, 1.807) is 0 Å². The van der Waals surface area contributed by atoms with E-state index in [4.69, 9.17) is 5.73 Å². The third-order valence-corrected chi connectivity index (χ3v) is 2.42. The molecule has 1 aliphatic carbocycles. The average molecular weight is 151 g/mol. The Morgan fingerprint density at radius 1 is 1.36 bits per heavy atom. The van der Waals surface area contributed by atoms with Gasteiger partial charge in [0, 0.05) is 5.54 Å². The molecule has 0 aromatic heterocycles. The third-order valence-electron chi connectivity index (χ3n) is 2.42. The third kappa shape index (κ3) is 1.72. The number of hydrogen-bond acceptors (Lipinski definition) is 1. The van der Waals surface area contributed by atoms with Gasteiger partial charge in [-0.15, -0.1) is 0 Å². The molecule has 0 amide bonds. The molecule has 0 aromatic rings. The molecule has 1 rings (SSSR count). The van der Waals surface area contributed by atoms with E-state index in [9.17, 15) is 0 Å². The van der Waals surface area contributed by atoms with Gasteiger partial charge in [-0.2, -0.15) is 0 Å². The Morgan fingerprint density at radius 2 is 1.91 bits per heavy atom. The standard InChI is InChI=1S/C10H17N/c1-7-5-10(4,11)6-8(2)9(7)3/h5H,6,11H2,1-4H3. The van der Waals surface area contributed by atoms with Crippen molar-refractivity contribution in [2.45, 2.75) is 39.7 Å². The molecular weight excluding hydrogens is 134 g/mol. The summed E-state index contributed by atoms with van der Waals surface area (Å²) in [4.78, 5) is 0. The molecule has 0 fully saturated rings. The van der Waals surface area contributed by atoms with Crippen LogP contribution in [0.5, 0.6) is 0 Å². The molecule has 0 aromatic carbocycles. The molecule has 0 saturated heterocycles. The lowest BCUT2D eigenvalue weighted by atomic mass is 9.83. The molecule has 1 unspecified atom stereocenters. The van der Waals surface area contributed by atoms with Crippen LogP contribution in [0, 0.1) is 0 Å². The van der Waals surface area contributed by atoms with Crippen molar-refractivity contribution >= 4 is 0 Å². The summed E-state index contributed by atoms with van der Waals surface area (Å²) in [6.45, 7) is 8.53. The van der Waals surface area contributed by atoms with Gasteiger partial charge in [0.25, 0.3) is 0 Å². The molecule has 1 aliphatic rings. The Hall–Kier alpha value is -0.560. The van der Waals surface area contributed by atoms with Crippen LogP contribution in [-0.2, 0) is 0 Å². The van der Waals surface area contributed by atoms with Crippen molar-refractivity contribution in [1.29, 1.82) is 0 Å². The quantitative estimate of drug-likeness (QED) is 0.565. The molecule has 1 heteroatoms. The van der Waals surface area contributed by atoms with Gasteiger partial charge in [-0.1, -0.05) is 17.2 Å². The highest BCUT2D eigenvalue weighted by atomic mass is 14.7. The Labute approximate surface area is 69.0 Å². The first-order valence-corrected chi connectivity index (χ1v) is 4.07. The molecule has 11 heavy (non-hydrogen) atoms. The van der Waals surface area contributed by atoms with Crippen molar-refractivity contribution in [2.24, 2.45) is 5.73 Å². The van der Waals surface area contributed by atoms with Gasteiger partial charge in [0.15, 0.2) is 0 Å². The lowest BCUT2D eigenvalue weighted by Gasteiger charge is -2.28. The minimum Gasteiger partial charge on any atom is -0.322 e. The van der Waals surface area contributed by atoms with E-state index in [1.807, 2.05) is 0 Å². The van der Waals surface area contributed by atoms with Gasteiger partial charge in [-0.25, -0.2) is 0 Å². The first-order valence-electron chi connectivity index (χ1n) is 4.07. The fraction of sp³-hybridized carbons (Fsp3) is 0.600.